The van der Waals surface area contributed by atoms with Crippen molar-refractivity contribution in [2.24, 2.45) is 0 Å². The fraction of sp³-hybridized carbons (Fsp3) is 0.375. The number of ether oxygens (including phenoxy) is 1. The highest BCUT2D eigenvalue weighted by Gasteiger charge is 2.29. The molecule has 3 heterocycles. The molecule has 1 aliphatic rings. The van der Waals surface area contributed by atoms with Crippen molar-refractivity contribution in [1.29, 1.82) is 0 Å². The van der Waals surface area contributed by atoms with Crippen LogP contribution >= 0.6 is 11.6 Å². The number of amides is 1. The molecule has 2 aromatic heterocycles. The molecule has 0 spiro atoms. The Hall–Kier alpha value is -2.21. The first-order valence-electron chi connectivity index (χ1n) is 7.47. The van der Waals surface area contributed by atoms with Crippen LogP contribution in [-0.4, -0.2) is 54.1 Å². The van der Waals surface area contributed by atoms with Crippen molar-refractivity contribution < 1.29 is 9.53 Å². The molecular formula is C16H19ClN4O2. The first-order valence-corrected chi connectivity index (χ1v) is 7.84. The van der Waals surface area contributed by atoms with Crippen molar-refractivity contribution in [3.8, 4) is 5.75 Å². The summed E-state index contributed by atoms with van der Waals surface area (Å²) >= 11 is 5.86. The van der Waals surface area contributed by atoms with Crippen LogP contribution in [0.1, 0.15) is 16.9 Å². The first-order chi connectivity index (χ1) is 11.0. The Balaban J connectivity index is 1.65. The Labute approximate surface area is 140 Å². The van der Waals surface area contributed by atoms with Crippen molar-refractivity contribution in [2.45, 2.75) is 12.5 Å². The minimum Gasteiger partial charge on any atom is -0.485 e. The van der Waals surface area contributed by atoms with Gasteiger partial charge in [-0.3, -0.25) is 4.79 Å². The maximum absolute atomic E-state index is 12.4. The van der Waals surface area contributed by atoms with Gasteiger partial charge in [0.15, 0.2) is 11.6 Å². The Morgan fingerprint density at radius 1 is 1.52 bits per heavy atom. The predicted octanol–water partition coefficient (Wildman–Crippen LogP) is 2.42. The Kier molecular flexibility index (Phi) is 4.43. The van der Waals surface area contributed by atoms with Gasteiger partial charge in [-0.25, -0.2) is 4.98 Å². The summed E-state index contributed by atoms with van der Waals surface area (Å²) in [5.41, 5.74) is 0.506. The second-order valence-electron chi connectivity index (χ2n) is 5.73. The number of nitrogens with one attached hydrogen (secondary N) is 1. The van der Waals surface area contributed by atoms with Crippen molar-refractivity contribution in [3.63, 3.8) is 0 Å². The summed E-state index contributed by atoms with van der Waals surface area (Å²) < 4.78 is 6.05. The maximum atomic E-state index is 12.4. The number of H-pyrrole nitrogens is 1. The highest BCUT2D eigenvalue weighted by Crippen LogP contribution is 2.27. The smallest absolute Gasteiger partial charge is 0.270 e. The van der Waals surface area contributed by atoms with Crippen LogP contribution in [0.4, 0.5) is 5.82 Å². The lowest BCUT2D eigenvalue weighted by atomic mass is 10.3. The van der Waals surface area contributed by atoms with Crippen molar-refractivity contribution in [3.05, 3.63) is 41.3 Å². The fourth-order valence-corrected chi connectivity index (χ4v) is 2.82. The minimum absolute atomic E-state index is 0.0349. The molecule has 7 heteroatoms. The number of aromatic nitrogens is 2. The lowest BCUT2D eigenvalue weighted by molar-refractivity contribution is 0.0767. The first kappa shape index (κ1) is 15.7. The Bertz CT molecular complexity index is 701. The van der Waals surface area contributed by atoms with Gasteiger partial charge in [0.25, 0.3) is 5.91 Å². The van der Waals surface area contributed by atoms with E-state index in [0.717, 1.165) is 18.0 Å². The number of anilines is 1. The van der Waals surface area contributed by atoms with Crippen LogP contribution < -0.4 is 9.64 Å². The monoisotopic (exact) mass is 334 g/mol. The summed E-state index contributed by atoms with van der Waals surface area (Å²) in [4.78, 5) is 23.3. The second-order valence-corrected chi connectivity index (χ2v) is 6.17. The van der Waals surface area contributed by atoms with Crippen LogP contribution in [0.5, 0.6) is 5.75 Å². The summed E-state index contributed by atoms with van der Waals surface area (Å²) in [5.74, 6) is 1.47. The van der Waals surface area contributed by atoms with Gasteiger partial charge < -0.3 is 19.5 Å². The molecule has 0 aliphatic carbocycles. The highest BCUT2D eigenvalue weighted by molar-refractivity contribution is 6.30. The third kappa shape index (κ3) is 3.42. The zero-order chi connectivity index (χ0) is 16.4. The van der Waals surface area contributed by atoms with Crippen molar-refractivity contribution >= 4 is 23.3 Å². The van der Waals surface area contributed by atoms with Gasteiger partial charge in [0.1, 0.15) is 11.8 Å². The molecule has 6 nitrogen and oxygen atoms in total. The van der Waals surface area contributed by atoms with Crippen LogP contribution in [0, 0.1) is 0 Å². The zero-order valence-electron chi connectivity index (χ0n) is 13.1. The molecule has 1 saturated heterocycles. The van der Waals surface area contributed by atoms with Gasteiger partial charge in [-0.05, 0) is 18.2 Å². The molecule has 1 amide bonds. The van der Waals surface area contributed by atoms with E-state index in [9.17, 15) is 4.79 Å². The second kappa shape index (κ2) is 6.50. The molecule has 1 aliphatic heterocycles. The van der Waals surface area contributed by atoms with Gasteiger partial charge in [-0.1, -0.05) is 11.6 Å². The minimum atomic E-state index is -0.0537. The van der Waals surface area contributed by atoms with E-state index in [1.165, 1.54) is 0 Å². The van der Waals surface area contributed by atoms with E-state index < -0.39 is 0 Å². The SMILES string of the molecule is CN(C)c1ncccc1OC1CCN(C(=O)c2cc(Cl)c[nH]2)C1. The van der Waals surface area contributed by atoms with E-state index in [-0.39, 0.29) is 12.0 Å². The standard InChI is InChI=1S/C16H19ClN4O2/c1-20(2)15-14(4-3-6-18-15)23-12-5-7-21(10-12)16(22)13-8-11(17)9-19-13/h3-4,6,8-9,12,19H,5,7,10H2,1-2H3. The normalized spacial score (nSPS) is 17.3. The van der Waals surface area contributed by atoms with E-state index in [4.69, 9.17) is 16.3 Å². The lowest BCUT2D eigenvalue weighted by Crippen LogP contribution is -2.31. The number of carbonyl (C=O) groups excluding carboxylic acids is 1. The van der Waals surface area contributed by atoms with Gasteiger partial charge in [0.05, 0.1) is 11.6 Å². The number of aromatic amines is 1. The molecule has 2 aromatic rings. The third-order valence-corrected chi connectivity index (χ3v) is 4.00. The van der Waals surface area contributed by atoms with Gasteiger partial charge in [-0.2, -0.15) is 0 Å². The van der Waals surface area contributed by atoms with Crippen LogP contribution in [-0.2, 0) is 0 Å². The number of likely N-dealkylation sites (tertiary alicyclic amines) is 1. The number of rotatable bonds is 4. The molecule has 0 aromatic carbocycles. The summed E-state index contributed by atoms with van der Waals surface area (Å²) in [5, 5.41) is 0.534. The van der Waals surface area contributed by atoms with E-state index in [2.05, 4.69) is 9.97 Å². The maximum Gasteiger partial charge on any atom is 0.270 e. The van der Waals surface area contributed by atoms with Crippen LogP contribution in [0.25, 0.3) is 0 Å². The van der Waals surface area contributed by atoms with Crippen LogP contribution in [0.3, 0.4) is 0 Å². The molecule has 1 fully saturated rings. The molecule has 1 atom stereocenters. The quantitative estimate of drug-likeness (QED) is 0.932. The number of hydrogen-bond acceptors (Lipinski definition) is 4. The summed E-state index contributed by atoms with van der Waals surface area (Å²) in [7, 11) is 3.85. The van der Waals surface area contributed by atoms with Crippen molar-refractivity contribution in [2.75, 3.05) is 32.1 Å². The number of carbonyl (C=O) groups is 1. The average Bonchev–Trinajstić information content (AvgIpc) is 3.16. The molecular weight excluding hydrogens is 316 g/mol. The highest BCUT2D eigenvalue weighted by atomic mass is 35.5. The van der Waals surface area contributed by atoms with E-state index >= 15 is 0 Å². The average molecular weight is 335 g/mol. The lowest BCUT2D eigenvalue weighted by Gasteiger charge is -2.20. The molecule has 122 valence electrons. The Morgan fingerprint density at radius 2 is 2.35 bits per heavy atom. The van der Waals surface area contributed by atoms with Crippen LogP contribution in [0.2, 0.25) is 5.02 Å². The summed E-state index contributed by atoms with van der Waals surface area (Å²) in [6.07, 6.45) is 4.11. The van der Waals surface area contributed by atoms with Gasteiger partial charge in [0, 0.05) is 39.5 Å². The largest absolute Gasteiger partial charge is 0.485 e. The predicted molar refractivity (Wildman–Crippen MR) is 89.3 cm³/mol. The summed E-state index contributed by atoms with van der Waals surface area (Å²) in [6.45, 7) is 1.22. The molecule has 0 radical (unpaired) electrons. The molecule has 1 unspecified atom stereocenters. The molecule has 3 rings (SSSR count). The number of nitrogens with zero attached hydrogens (tertiary/aromatic N) is 3. The molecule has 0 saturated carbocycles. The summed E-state index contributed by atoms with van der Waals surface area (Å²) in [6, 6.07) is 5.39. The topological polar surface area (TPSA) is 61.5 Å². The zero-order valence-corrected chi connectivity index (χ0v) is 13.9. The van der Waals surface area contributed by atoms with E-state index in [0.29, 0.717) is 23.8 Å². The van der Waals surface area contributed by atoms with Gasteiger partial charge >= 0.3 is 0 Å². The molecule has 0 bridgehead atoms. The number of halogens is 1. The number of hydrogen-bond donors (Lipinski definition) is 1. The van der Waals surface area contributed by atoms with Gasteiger partial charge in [0.2, 0.25) is 0 Å². The van der Waals surface area contributed by atoms with Crippen molar-refractivity contribution in [1.82, 2.24) is 14.9 Å². The van der Waals surface area contributed by atoms with Crippen LogP contribution in [0.15, 0.2) is 30.6 Å². The third-order valence-electron chi connectivity index (χ3n) is 3.78. The fourth-order valence-electron chi connectivity index (χ4n) is 2.66. The van der Waals surface area contributed by atoms with E-state index in [1.54, 1.807) is 23.4 Å². The molecule has 1 N–H and O–H groups in total. The number of pyridine rings is 1. The van der Waals surface area contributed by atoms with Gasteiger partial charge in [-0.15, -0.1) is 0 Å². The van der Waals surface area contributed by atoms with E-state index in [1.807, 2.05) is 31.1 Å². The Morgan fingerprint density at radius 3 is 3.04 bits per heavy atom. The molecule has 23 heavy (non-hydrogen) atoms.